The number of carbonyl (C=O) groups excluding carboxylic acids is 2. The van der Waals surface area contributed by atoms with Crippen molar-refractivity contribution in [2.45, 2.75) is 12.8 Å². The Morgan fingerprint density at radius 1 is 1.36 bits per heavy atom. The summed E-state index contributed by atoms with van der Waals surface area (Å²) in [6, 6.07) is 5.92. The van der Waals surface area contributed by atoms with Crippen molar-refractivity contribution in [3.8, 4) is 0 Å². The fourth-order valence-corrected chi connectivity index (χ4v) is 4.25. The molecule has 1 saturated heterocycles. The predicted molar refractivity (Wildman–Crippen MR) is 113 cm³/mol. The predicted octanol–water partition coefficient (Wildman–Crippen LogP) is 3.67. The number of benzene rings is 1. The first-order valence-corrected chi connectivity index (χ1v) is 10.2. The molecule has 0 atom stereocenters. The second-order valence-electron chi connectivity index (χ2n) is 5.67. The first-order valence-electron chi connectivity index (χ1n) is 8.13. The Hall–Kier alpha value is -2.63. The van der Waals surface area contributed by atoms with Gasteiger partial charge in [-0.2, -0.15) is 0 Å². The van der Waals surface area contributed by atoms with Gasteiger partial charge in [-0.3, -0.25) is 24.6 Å². The van der Waals surface area contributed by atoms with Gasteiger partial charge in [0.05, 0.1) is 9.83 Å². The summed E-state index contributed by atoms with van der Waals surface area (Å²) in [5.41, 5.74) is 0.662. The van der Waals surface area contributed by atoms with Gasteiger partial charge in [0.1, 0.15) is 4.32 Å². The molecule has 2 aromatic rings. The molecule has 1 aliphatic heterocycles. The normalized spacial score (nSPS) is 15.3. The SMILES string of the molecule is O=C(CCCN1C(=O)/C(=C/c2ccc([N+](=O)[O-])cc2)SC1=S)Nc1nccs1. The number of amides is 2. The van der Waals surface area contributed by atoms with E-state index in [1.807, 2.05) is 0 Å². The van der Waals surface area contributed by atoms with Crippen LogP contribution in [0.4, 0.5) is 10.8 Å². The Labute approximate surface area is 173 Å². The Balaban J connectivity index is 1.55. The van der Waals surface area contributed by atoms with Gasteiger partial charge in [-0.15, -0.1) is 11.3 Å². The van der Waals surface area contributed by atoms with E-state index in [0.29, 0.717) is 32.9 Å². The number of anilines is 1. The maximum Gasteiger partial charge on any atom is 0.269 e. The smallest absolute Gasteiger partial charge is 0.269 e. The summed E-state index contributed by atoms with van der Waals surface area (Å²) in [6.45, 7) is 0.341. The summed E-state index contributed by atoms with van der Waals surface area (Å²) >= 11 is 7.78. The van der Waals surface area contributed by atoms with Crippen LogP contribution in [0.2, 0.25) is 0 Å². The molecule has 0 bridgehead atoms. The van der Waals surface area contributed by atoms with Crippen molar-refractivity contribution in [2.24, 2.45) is 0 Å². The minimum atomic E-state index is -0.478. The third kappa shape index (κ3) is 5.00. The molecule has 28 heavy (non-hydrogen) atoms. The van der Waals surface area contributed by atoms with E-state index in [0.717, 1.165) is 0 Å². The summed E-state index contributed by atoms with van der Waals surface area (Å²) in [5, 5.41) is 15.7. The highest BCUT2D eigenvalue weighted by atomic mass is 32.2. The van der Waals surface area contributed by atoms with E-state index in [1.54, 1.807) is 29.8 Å². The topological polar surface area (TPSA) is 105 Å². The molecule has 0 radical (unpaired) electrons. The molecule has 0 saturated carbocycles. The molecular weight excluding hydrogens is 420 g/mol. The number of thioether (sulfide) groups is 1. The largest absolute Gasteiger partial charge is 0.302 e. The number of thiocarbonyl (C=S) groups is 1. The highest BCUT2D eigenvalue weighted by Crippen LogP contribution is 2.33. The molecule has 1 aliphatic rings. The molecular formula is C17H14N4O4S3. The molecule has 144 valence electrons. The van der Waals surface area contributed by atoms with Gasteiger partial charge in [0.25, 0.3) is 11.6 Å². The number of carbonyl (C=O) groups is 2. The molecule has 0 spiro atoms. The number of aromatic nitrogens is 1. The van der Waals surface area contributed by atoms with Gasteiger partial charge < -0.3 is 5.32 Å². The van der Waals surface area contributed by atoms with Crippen LogP contribution in [0.3, 0.4) is 0 Å². The number of rotatable bonds is 7. The van der Waals surface area contributed by atoms with Crippen LogP contribution in [-0.4, -0.2) is 37.5 Å². The average molecular weight is 435 g/mol. The first kappa shape index (κ1) is 20.1. The van der Waals surface area contributed by atoms with E-state index in [-0.39, 0.29) is 23.9 Å². The number of nitro benzene ring substituents is 1. The zero-order valence-electron chi connectivity index (χ0n) is 14.4. The van der Waals surface area contributed by atoms with Gasteiger partial charge in [0.2, 0.25) is 5.91 Å². The van der Waals surface area contributed by atoms with E-state index >= 15 is 0 Å². The zero-order chi connectivity index (χ0) is 20.1. The van der Waals surface area contributed by atoms with Crippen LogP contribution in [0.25, 0.3) is 6.08 Å². The van der Waals surface area contributed by atoms with Gasteiger partial charge in [0.15, 0.2) is 5.13 Å². The van der Waals surface area contributed by atoms with Crippen LogP contribution in [0.5, 0.6) is 0 Å². The number of hydrogen-bond donors (Lipinski definition) is 1. The molecule has 11 heteroatoms. The Kier molecular flexibility index (Phi) is 6.49. The molecule has 1 aromatic heterocycles. The standard InChI is InChI=1S/C17H14N4O4S3/c22-14(19-16-18-7-9-27-16)2-1-8-20-15(23)13(28-17(20)26)10-11-3-5-12(6-4-11)21(24)25/h3-7,9-10H,1-2,8H2,(H,18,19,22)/b13-10-. The second kappa shape index (κ2) is 9.04. The number of non-ortho nitro benzene ring substituents is 1. The summed E-state index contributed by atoms with van der Waals surface area (Å²) in [5.74, 6) is -0.393. The lowest BCUT2D eigenvalue weighted by Gasteiger charge is -2.13. The van der Waals surface area contributed by atoms with E-state index in [1.165, 1.54) is 40.1 Å². The van der Waals surface area contributed by atoms with Gasteiger partial charge in [-0.25, -0.2) is 4.98 Å². The molecule has 0 aliphatic carbocycles. The molecule has 1 N–H and O–H groups in total. The molecule has 2 amide bonds. The quantitative estimate of drug-likeness (QED) is 0.307. The number of thiazole rings is 1. The minimum absolute atomic E-state index is 0.0132. The third-order valence-corrected chi connectivity index (χ3v) is 5.81. The molecule has 0 unspecified atom stereocenters. The number of nitrogens with zero attached hydrogens (tertiary/aromatic N) is 3. The van der Waals surface area contributed by atoms with E-state index in [9.17, 15) is 19.7 Å². The van der Waals surface area contributed by atoms with Crippen molar-refractivity contribution >= 4 is 68.3 Å². The summed E-state index contributed by atoms with van der Waals surface area (Å²) in [7, 11) is 0. The maximum absolute atomic E-state index is 12.6. The molecule has 1 fully saturated rings. The van der Waals surface area contributed by atoms with Gasteiger partial charge in [-0.05, 0) is 30.2 Å². The lowest BCUT2D eigenvalue weighted by atomic mass is 10.2. The highest BCUT2D eigenvalue weighted by molar-refractivity contribution is 8.26. The van der Waals surface area contributed by atoms with Crippen molar-refractivity contribution in [3.63, 3.8) is 0 Å². The third-order valence-electron chi connectivity index (χ3n) is 3.74. The maximum atomic E-state index is 12.6. The fourth-order valence-electron chi connectivity index (χ4n) is 2.40. The van der Waals surface area contributed by atoms with E-state index < -0.39 is 4.92 Å². The van der Waals surface area contributed by atoms with Gasteiger partial charge in [0, 0.05) is 36.7 Å². The van der Waals surface area contributed by atoms with Crippen molar-refractivity contribution in [3.05, 3.63) is 56.4 Å². The number of nitro groups is 1. The lowest BCUT2D eigenvalue weighted by molar-refractivity contribution is -0.384. The summed E-state index contributed by atoms with van der Waals surface area (Å²) < 4.78 is 0.429. The van der Waals surface area contributed by atoms with Crippen molar-refractivity contribution in [2.75, 3.05) is 11.9 Å². The van der Waals surface area contributed by atoms with Crippen molar-refractivity contribution in [1.82, 2.24) is 9.88 Å². The van der Waals surface area contributed by atoms with Crippen LogP contribution >= 0.6 is 35.3 Å². The Morgan fingerprint density at radius 2 is 2.11 bits per heavy atom. The van der Waals surface area contributed by atoms with E-state index in [2.05, 4.69) is 10.3 Å². The van der Waals surface area contributed by atoms with Crippen LogP contribution in [0, 0.1) is 10.1 Å². The number of nitrogens with one attached hydrogen (secondary N) is 1. The van der Waals surface area contributed by atoms with Crippen LogP contribution < -0.4 is 5.32 Å². The first-order chi connectivity index (χ1) is 13.4. The van der Waals surface area contributed by atoms with Crippen LogP contribution in [0.15, 0.2) is 40.7 Å². The molecule has 2 heterocycles. The lowest BCUT2D eigenvalue weighted by Crippen LogP contribution is -2.29. The second-order valence-corrected chi connectivity index (χ2v) is 8.24. The monoisotopic (exact) mass is 434 g/mol. The van der Waals surface area contributed by atoms with Gasteiger partial charge in [-0.1, -0.05) is 24.0 Å². The van der Waals surface area contributed by atoms with E-state index in [4.69, 9.17) is 12.2 Å². The molecule has 8 nitrogen and oxygen atoms in total. The Bertz CT molecular complexity index is 942. The number of hydrogen-bond acceptors (Lipinski definition) is 8. The minimum Gasteiger partial charge on any atom is -0.302 e. The zero-order valence-corrected chi connectivity index (χ0v) is 16.8. The average Bonchev–Trinajstić information content (AvgIpc) is 3.25. The summed E-state index contributed by atoms with van der Waals surface area (Å²) in [6.07, 6.45) is 3.97. The highest BCUT2D eigenvalue weighted by Gasteiger charge is 2.31. The molecule has 3 rings (SSSR count). The van der Waals surface area contributed by atoms with Gasteiger partial charge >= 0.3 is 0 Å². The Morgan fingerprint density at radius 3 is 2.75 bits per heavy atom. The fraction of sp³-hybridized carbons (Fsp3) is 0.176. The van der Waals surface area contributed by atoms with Crippen LogP contribution in [-0.2, 0) is 9.59 Å². The van der Waals surface area contributed by atoms with Crippen molar-refractivity contribution < 1.29 is 14.5 Å². The summed E-state index contributed by atoms with van der Waals surface area (Å²) in [4.78, 5) is 40.6. The van der Waals surface area contributed by atoms with Crippen LogP contribution in [0.1, 0.15) is 18.4 Å². The molecule has 1 aromatic carbocycles. The van der Waals surface area contributed by atoms with Crippen molar-refractivity contribution in [1.29, 1.82) is 0 Å².